The largest absolute Gasteiger partial charge is 0.444 e. The number of imidazole rings is 1. The maximum Gasteiger partial charge on any atom is 0.410 e. The summed E-state index contributed by atoms with van der Waals surface area (Å²) in [6, 6.07) is 0. The van der Waals surface area contributed by atoms with Crippen molar-refractivity contribution in [3.05, 3.63) is 17.7 Å². The molecule has 2 aliphatic rings. The summed E-state index contributed by atoms with van der Waals surface area (Å²) in [5.41, 5.74) is 1.86. The second-order valence-corrected chi connectivity index (χ2v) is 6.96. The molecule has 3 heterocycles. The van der Waals surface area contributed by atoms with E-state index in [0.717, 1.165) is 31.5 Å². The van der Waals surface area contributed by atoms with E-state index >= 15 is 0 Å². The lowest BCUT2D eigenvalue weighted by Gasteiger charge is -2.44. The van der Waals surface area contributed by atoms with Crippen LogP contribution in [0, 0.1) is 0 Å². The van der Waals surface area contributed by atoms with Crippen molar-refractivity contribution in [2.24, 2.45) is 0 Å². The lowest BCUT2D eigenvalue weighted by molar-refractivity contribution is 0.0136. The lowest BCUT2D eigenvalue weighted by atomic mass is 9.81. The van der Waals surface area contributed by atoms with Gasteiger partial charge < -0.3 is 19.9 Å². The molecular weight excluding hydrogens is 268 g/mol. The molecule has 6 heteroatoms. The number of nitrogens with one attached hydrogen (secondary N) is 2. The lowest BCUT2D eigenvalue weighted by Crippen LogP contribution is -2.55. The number of piperidine rings is 1. The minimum Gasteiger partial charge on any atom is -0.444 e. The number of nitrogens with zero attached hydrogens (tertiary/aromatic N) is 2. The standard InChI is InChI=1S/C15H24N4O2/c1-14(2,3)21-13(20)19-8-5-15(6-9-19)12-11(4-7-18-15)16-10-17-12/h10,18H,4-9H2,1-3H3,(H,16,17). The highest BCUT2D eigenvalue weighted by Crippen LogP contribution is 2.36. The summed E-state index contributed by atoms with van der Waals surface area (Å²) in [4.78, 5) is 21.7. The van der Waals surface area contributed by atoms with Gasteiger partial charge in [-0.1, -0.05) is 0 Å². The fourth-order valence-electron chi connectivity index (χ4n) is 3.25. The average molecular weight is 292 g/mol. The van der Waals surface area contributed by atoms with E-state index in [-0.39, 0.29) is 11.6 Å². The van der Waals surface area contributed by atoms with Crippen molar-refractivity contribution in [2.75, 3.05) is 19.6 Å². The first kappa shape index (κ1) is 14.4. The predicted molar refractivity (Wildman–Crippen MR) is 79.0 cm³/mol. The first-order chi connectivity index (χ1) is 9.90. The Hall–Kier alpha value is -1.56. The van der Waals surface area contributed by atoms with E-state index in [1.807, 2.05) is 20.8 Å². The highest BCUT2D eigenvalue weighted by atomic mass is 16.6. The van der Waals surface area contributed by atoms with Gasteiger partial charge in [0.1, 0.15) is 5.60 Å². The zero-order chi connectivity index (χ0) is 15.1. The Morgan fingerprint density at radius 3 is 2.76 bits per heavy atom. The zero-order valence-corrected chi connectivity index (χ0v) is 13.0. The monoisotopic (exact) mass is 292 g/mol. The number of amides is 1. The van der Waals surface area contributed by atoms with Crippen molar-refractivity contribution in [2.45, 2.75) is 51.2 Å². The van der Waals surface area contributed by atoms with Gasteiger partial charge in [-0.2, -0.15) is 0 Å². The Morgan fingerprint density at radius 2 is 2.10 bits per heavy atom. The summed E-state index contributed by atoms with van der Waals surface area (Å²) in [6.07, 6.45) is 4.32. The quantitative estimate of drug-likeness (QED) is 0.765. The number of ether oxygens (including phenoxy) is 1. The fourth-order valence-corrected chi connectivity index (χ4v) is 3.25. The summed E-state index contributed by atoms with van der Waals surface area (Å²) < 4.78 is 5.45. The number of aromatic nitrogens is 2. The smallest absolute Gasteiger partial charge is 0.410 e. The van der Waals surface area contributed by atoms with Gasteiger partial charge in [0.15, 0.2) is 0 Å². The van der Waals surface area contributed by atoms with E-state index in [2.05, 4.69) is 15.3 Å². The Balaban J connectivity index is 1.68. The number of hydrogen-bond acceptors (Lipinski definition) is 4. The van der Waals surface area contributed by atoms with Crippen molar-refractivity contribution >= 4 is 6.09 Å². The van der Waals surface area contributed by atoms with Gasteiger partial charge in [0, 0.05) is 31.7 Å². The summed E-state index contributed by atoms with van der Waals surface area (Å²) in [5, 5.41) is 3.62. The maximum absolute atomic E-state index is 12.1. The van der Waals surface area contributed by atoms with E-state index in [0.29, 0.717) is 13.1 Å². The van der Waals surface area contributed by atoms with Crippen LogP contribution in [0.3, 0.4) is 0 Å². The molecule has 1 aromatic rings. The van der Waals surface area contributed by atoms with Crippen LogP contribution in [0.1, 0.15) is 45.0 Å². The van der Waals surface area contributed by atoms with Crippen LogP contribution in [0.15, 0.2) is 6.33 Å². The van der Waals surface area contributed by atoms with Gasteiger partial charge >= 0.3 is 6.09 Å². The third kappa shape index (κ3) is 2.77. The van der Waals surface area contributed by atoms with Crippen LogP contribution in [-0.2, 0) is 16.7 Å². The molecule has 1 fully saturated rings. The van der Waals surface area contributed by atoms with Crippen LogP contribution in [0.2, 0.25) is 0 Å². The van der Waals surface area contributed by atoms with Crippen molar-refractivity contribution in [1.82, 2.24) is 20.2 Å². The van der Waals surface area contributed by atoms with Gasteiger partial charge in [-0.25, -0.2) is 9.78 Å². The molecule has 3 rings (SSSR count). The number of fused-ring (bicyclic) bond motifs is 2. The maximum atomic E-state index is 12.1. The Bertz CT molecular complexity index is 524. The van der Waals surface area contributed by atoms with Gasteiger partial charge in [-0.15, -0.1) is 0 Å². The zero-order valence-electron chi connectivity index (χ0n) is 13.0. The highest BCUT2D eigenvalue weighted by molar-refractivity contribution is 5.68. The van der Waals surface area contributed by atoms with Crippen LogP contribution in [-0.4, -0.2) is 46.2 Å². The third-order valence-electron chi connectivity index (χ3n) is 4.28. The van der Waals surface area contributed by atoms with Gasteiger partial charge in [0.2, 0.25) is 0 Å². The summed E-state index contributed by atoms with van der Waals surface area (Å²) in [5.74, 6) is 0. The van der Waals surface area contributed by atoms with Gasteiger partial charge in [0.25, 0.3) is 0 Å². The van der Waals surface area contributed by atoms with E-state index in [1.165, 1.54) is 5.69 Å². The molecule has 0 bridgehead atoms. The van der Waals surface area contributed by atoms with Crippen LogP contribution in [0.4, 0.5) is 4.79 Å². The van der Waals surface area contributed by atoms with Gasteiger partial charge in [0.05, 0.1) is 17.6 Å². The van der Waals surface area contributed by atoms with Gasteiger partial charge in [-0.05, 0) is 33.6 Å². The number of hydrogen-bond donors (Lipinski definition) is 2. The molecule has 2 N–H and O–H groups in total. The molecule has 0 radical (unpaired) electrons. The molecule has 0 aliphatic carbocycles. The third-order valence-corrected chi connectivity index (χ3v) is 4.28. The summed E-state index contributed by atoms with van der Waals surface area (Å²) >= 11 is 0. The molecule has 1 amide bonds. The summed E-state index contributed by atoms with van der Waals surface area (Å²) in [6.45, 7) is 8.06. The highest BCUT2D eigenvalue weighted by Gasteiger charge is 2.42. The van der Waals surface area contributed by atoms with Crippen LogP contribution >= 0.6 is 0 Å². The molecule has 6 nitrogen and oxygen atoms in total. The minimum absolute atomic E-state index is 0.0773. The first-order valence-electron chi connectivity index (χ1n) is 7.65. The molecule has 1 spiro atoms. The molecule has 2 aliphatic heterocycles. The number of H-pyrrole nitrogens is 1. The molecule has 0 aromatic carbocycles. The molecule has 0 saturated carbocycles. The fraction of sp³-hybridized carbons (Fsp3) is 0.733. The first-order valence-corrected chi connectivity index (χ1v) is 7.65. The molecule has 116 valence electrons. The van der Waals surface area contributed by atoms with Crippen LogP contribution < -0.4 is 5.32 Å². The topological polar surface area (TPSA) is 70.2 Å². The number of rotatable bonds is 0. The number of likely N-dealkylation sites (tertiary alicyclic amines) is 1. The van der Waals surface area contributed by atoms with E-state index in [4.69, 9.17) is 4.74 Å². The second-order valence-electron chi connectivity index (χ2n) is 6.96. The number of aromatic amines is 1. The van der Waals surface area contributed by atoms with E-state index < -0.39 is 5.60 Å². The summed E-state index contributed by atoms with van der Waals surface area (Å²) in [7, 11) is 0. The van der Waals surface area contributed by atoms with Crippen LogP contribution in [0.5, 0.6) is 0 Å². The van der Waals surface area contributed by atoms with Crippen molar-refractivity contribution < 1.29 is 9.53 Å². The van der Waals surface area contributed by atoms with E-state index in [1.54, 1.807) is 11.2 Å². The number of carbonyl (C=O) groups is 1. The van der Waals surface area contributed by atoms with Gasteiger partial charge in [-0.3, -0.25) is 0 Å². The van der Waals surface area contributed by atoms with Crippen molar-refractivity contribution in [3.8, 4) is 0 Å². The van der Waals surface area contributed by atoms with Crippen molar-refractivity contribution in [1.29, 1.82) is 0 Å². The molecule has 0 unspecified atom stereocenters. The molecule has 1 aromatic heterocycles. The van der Waals surface area contributed by atoms with Crippen LogP contribution in [0.25, 0.3) is 0 Å². The van der Waals surface area contributed by atoms with E-state index in [9.17, 15) is 4.79 Å². The Morgan fingerprint density at radius 1 is 1.38 bits per heavy atom. The number of carbonyl (C=O) groups excluding carboxylic acids is 1. The normalized spacial score (nSPS) is 21.2. The SMILES string of the molecule is CC(C)(C)OC(=O)N1CCC2(CC1)NCCc1[nH]cnc12. The second kappa shape index (κ2) is 5.02. The average Bonchev–Trinajstić information content (AvgIpc) is 2.87. The van der Waals surface area contributed by atoms with Crippen molar-refractivity contribution in [3.63, 3.8) is 0 Å². The molecule has 0 atom stereocenters. The molecule has 21 heavy (non-hydrogen) atoms. The minimum atomic E-state index is -0.440. The molecular formula is C15H24N4O2. The molecule has 1 saturated heterocycles. The Labute approximate surface area is 125 Å². The predicted octanol–water partition coefficient (Wildman–Crippen LogP) is 1.78. The Kier molecular flexibility index (Phi) is 3.43.